The molecule has 0 saturated carbocycles. The molecule has 4 N–H and O–H groups in total. The van der Waals surface area contributed by atoms with E-state index in [4.69, 9.17) is 23.2 Å². The van der Waals surface area contributed by atoms with E-state index in [0.717, 1.165) is 16.3 Å². The molecule has 160 valence electrons. The highest BCUT2D eigenvalue weighted by molar-refractivity contribution is 6.39. The minimum atomic E-state index is -1.37. The second-order valence-electron chi connectivity index (χ2n) is 6.71. The summed E-state index contributed by atoms with van der Waals surface area (Å²) < 4.78 is 0. The van der Waals surface area contributed by atoms with Crippen molar-refractivity contribution < 1.29 is 19.5 Å². The lowest BCUT2D eigenvalue weighted by Crippen LogP contribution is -2.50. The van der Waals surface area contributed by atoms with Gasteiger partial charge in [0.25, 0.3) is 5.91 Å². The fraction of sp³-hybridized carbons (Fsp3) is 0.136. The van der Waals surface area contributed by atoms with Gasteiger partial charge in [-0.1, -0.05) is 65.7 Å². The van der Waals surface area contributed by atoms with Gasteiger partial charge < -0.3 is 21.1 Å². The van der Waals surface area contributed by atoms with Gasteiger partial charge in [-0.2, -0.15) is 0 Å². The van der Waals surface area contributed by atoms with Crippen LogP contribution in [0.3, 0.4) is 0 Å². The molecule has 0 fully saturated rings. The SMILES string of the molecule is O=C(NCc1ccc2ccccc2c1)NC[C@H](NC(=O)c1c(Cl)cccc1Cl)C(=O)O. The van der Waals surface area contributed by atoms with Gasteiger partial charge in [0, 0.05) is 6.54 Å². The molecule has 0 radical (unpaired) electrons. The van der Waals surface area contributed by atoms with Gasteiger partial charge in [-0.05, 0) is 34.5 Å². The number of carboxylic acid groups (broad SMARTS) is 1. The second-order valence-corrected chi connectivity index (χ2v) is 7.52. The number of hydrogen-bond acceptors (Lipinski definition) is 3. The number of nitrogens with one attached hydrogen (secondary N) is 3. The molecule has 1 atom stereocenters. The van der Waals surface area contributed by atoms with Crippen LogP contribution in [0.5, 0.6) is 0 Å². The number of hydrogen-bond donors (Lipinski definition) is 4. The average molecular weight is 460 g/mol. The minimum absolute atomic E-state index is 0.0298. The van der Waals surface area contributed by atoms with E-state index in [1.165, 1.54) is 12.1 Å². The van der Waals surface area contributed by atoms with E-state index in [9.17, 15) is 19.5 Å². The molecule has 0 heterocycles. The molecule has 0 bridgehead atoms. The third-order valence-corrected chi connectivity index (χ3v) is 5.16. The minimum Gasteiger partial charge on any atom is -0.480 e. The molecule has 0 aliphatic rings. The first-order valence-electron chi connectivity index (χ1n) is 9.32. The quantitative estimate of drug-likeness (QED) is 0.430. The van der Waals surface area contributed by atoms with E-state index in [0.29, 0.717) is 0 Å². The molecule has 9 heteroatoms. The number of carboxylic acids is 1. The monoisotopic (exact) mass is 459 g/mol. The van der Waals surface area contributed by atoms with Gasteiger partial charge in [0.15, 0.2) is 0 Å². The Labute approximate surface area is 188 Å². The Hall–Kier alpha value is -3.29. The summed E-state index contributed by atoms with van der Waals surface area (Å²) in [5, 5.41) is 19.1. The molecular weight excluding hydrogens is 441 g/mol. The maximum Gasteiger partial charge on any atom is 0.328 e. The molecule has 0 spiro atoms. The molecule has 7 nitrogen and oxygen atoms in total. The van der Waals surface area contributed by atoms with Crippen molar-refractivity contribution >= 4 is 51.9 Å². The van der Waals surface area contributed by atoms with Crippen LogP contribution in [-0.4, -0.2) is 35.6 Å². The summed E-state index contributed by atoms with van der Waals surface area (Å²) >= 11 is 12.0. The predicted molar refractivity (Wildman–Crippen MR) is 120 cm³/mol. The van der Waals surface area contributed by atoms with E-state index < -0.39 is 23.9 Å². The molecule has 3 amide bonds. The van der Waals surface area contributed by atoms with E-state index >= 15 is 0 Å². The zero-order valence-electron chi connectivity index (χ0n) is 16.2. The Balaban J connectivity index is 1.55. The fourth-order valence-corrected chi connectivity index (χ4v) is 3.50. The number of carbonyl (C=O) groups excluding carboxylic acids is 2. The third kappa shape index (κ3) is 5.87. The smallest absolute Gasteiger partial charge is 0.328 e. The van der Waals surface area contributed by atoms with Gasteiger partial charge in [0.05, 0.1) is 22.2 Å². The molecule has 0 aromatic heterocycles. The van der Waals surface area contributed by atoms with E-state index in [1.807, 2.05) is 42.5 Å². The molecule has 3 aromatic carbocycles. The summed E-state index contributed by atoms with van der Waals surface area (Å²) in [6.07, 6.45) is 0. The third-order valence-electron chi connectivity index (χ3n) is 4.53. The summed E-state index contributed by atoms with van der Waals surface area (Å²) in [4.78, 5) is 36.0. The fourth-order valence-electron chi connectivity index (χ4n) is 2.93. The number of aliphatic carboxylic acids is 1. The van der Waals surface area contributed by atoms with Gasteiger partial charge in [-0.25, -0.2) is 9.59 Å². The molecule has 0 unspecified atom stereocenters. The second kappa shape index (κ2) is 10.1. The average Bonchev–Trinajstić information content (AvgIpc) is 2.74. The van der Waals surface area contributed by atoms with Crippen molar-refractivity contribution in [2.45, 2.75) is 12.6 Å². The van der Waals surface area contributed by atoms with Crippen molar-refractivity contribution in [2.75, 3.05) is 6.54 Å². The molecular formula is C22H19Cl2N3O4. The first-order chi connectivity index (χ1) is 14.8. The van der Waals surface area contributed by atoms with Crippen LogP contribution >= 0.6 is 23.2 Å². The number of rotatable bonds is 7. The van der Waals surface area contributed by atoms with Crippen molar-refractivity contribution in [3.8, 4) is 0 Å². The summed E-state index contributed by atoms with van der Waals surface area (Å²) in [6, 6.07) is 16.2. The van der Waals surface area contributed by atoms with E-state index in [-0.39, 0.29) is 28.7 Å². The molecule has 31 heavy (non-hydrogen) atoms. The summed E-state index contributed by atoms with van der Waals surface area (Å²) in [6.45, 7) is -0.0668. The van der Waals surface area contributed by atoms with E-state index in [2.05, 4.69) is 16.0 Å². The van der Waals surface area contributed by atoms with Crippen molar-refractivity contribution in [3.05, 3.63) is 81.8 Å². The van der Waals surface area contributed by atoms with Crippen LogP contribution in [0.25, 0.3) is 10.8 Å². The maximum atomic E-state index is 12.4. The van der Waals surface area contributed by atoms with E-state index in [1.54, 1.807) is 6.07 Å². The lowest BCUT2D eigenvalue weighted by Gasteiger charge is -2.17. The van der Waals surface area contributed by atoms with Crippen molar-refractivity contribution in [1.29, 1.82) is 0 Å². The number of amides is 3. The van der Waals surface area contributed by atoms with Crippen molar-refractivity contribution in [1.82, 2.24) is 16.0 Å². The normalized spacial score (nSPS) is 11.5. The number of halogens is 2. The standard InChI is InChI=1S/C22H19Cl2N3O4/c23-16-6-3-7-17(24)19(16)20(28)27-18(21(29)30)12-26-22(31)25-11-13-8-9-14-4-1-2-5-15(14)10-13/h1-10,18H,11-12H2,(H,27,28)(H,29,30)(H2,25,26,31)/t18-/m0/s1. The number of urea groups is 1. The molecule has 3 aromatic rings. The van der Waals surface area contributed by atoms with Gasteiger partial charge in [-0.15, -0.1) is 0 Å². The molecule has 0 saturated heterocycles. The lowest BCUT2D eigenvalue weighted by molar-refractivity contribution is -0.139. The maximum absolute atomic E-state index is 12.4. The summed E-state index contributed by atoms with van der Waals surface area (Å²) in [5.41, 5.74) is 0.864. The van der Waals surface area contributed by atoms with Crippen LogP contribution < -0.4 is 16.0 Å². The van der Waals surface area contributed by atoms with Gasteiger partial charge >= 0.3 is 12.0 Å². The highest BCUT2D eigenvalue weighted by atomic mass is 35.5. The van der Waals surface area contributed by atoms with Crippen LogP contribution in [0, 0.1) is 0 Å². The first kappa shape index (κ1) is 22.4. The molecule has 3 rings (SSSR count). The Morgan fingerprint density at radius 3 is 2.23 bits per heavy atom. The largest absolute Gasteiger partial charge is 0.480 e. The van der Waals surface area contributed by atoms with Crippen molar-refractivity contribution in [2.24, 2.45) is 0 Å². The van der Waals surface area contributed by atoms with Crippen molar-refractivity contribution in [3.63, 3.8) is 0 Å². The van der Waals surface area contributed by atoms with Crippen LogP contribution in [-0.2, 0) is 11.3 Å². The Kier molecular flexibility index (Phi) is 7.33. The van der Waals surface area contributed by atoms with Gasteiger partial charge in [-0.3, -0.25) is 4.79 Å². The Bertz CT molecular complexity index is 1120. The lowest BCUT2D eigenvalue weighted by atomic mass is 10.1. The Morgan fingerprint density at radius 1 is 0.871 bits per heavy atom. The van der Waals surface area contributed by atoms with Crippen LogP contribution in [0.15, 0.2) is 60.7 Å². The zero-order chi connectivity index (χ0) is 22.4. The van der Waals surface area contributed by atoms with Gasteiger partial charge in [0.2, 0.25) is 0 Å². The topological polar surface area (TPSA) is 108 Å². The predicted octanol–water partition coefficient (Wildman–Crippen LogP) is 3.83. The van der Waals surface area contributed by atoms with Crippen LogP contribution in [0.2, 0.25) is 10.0 Å². The molecule has 0 aliphatic carbocycles. The summed E-state index contributed by atoms with van der Waals surface area (Å²) in [5.74, 6) is -2.06. The number of fused-ring (bicyclic) bond motifs is 1. The van der Waals surface area contributed by atoms with Crippen LogP contribution in [0.1, 0.15) is 15.9 Å². The summed E-state index contributed by atoms with van der Waals surface area (Å²) in [7, 11) is 0. The molecule has 0 aliphatic heterocycles. The zero-order valence-corrected chi connectivity index (χ0v) is 17.7. The Morgan fingerprint density at radius 2 is 1.55 bits per heavy atom. The number of carbonyl (C=O) groups is 3. The first-order valence-corrected chi connectivity index (χ1v) is 10.1. The van der Waals surface area contributed by atoms with Crippen LogP contribution in [0.4, 0.5) is 4.79 Å². The highest BCUT2D eigenvalue weighted by Gasteiger charge is 2.24. The number of benzene rings is 3. The van der Waals surface area contributed by atoms with Gasteiger partial charge in [0.1, 0.15) is 6.04 Å². The highest BCUT2D eigenvalue weighted by Crippen LogP contribution is 2.24.